The zero-order valence-corrected chi connectivity index (χ0v) is 10.4. The number of hydrogen-bond acceptors (Lipinski definition) is 7. The van der Waals surface area contributed by atoms with Gasteiger partial charge in [-0.2, -0.15) is 5.26 Å². The van der Waals surface area contributed by atoms with Crippen LogP contribution >= 0.6 is 0 Å². The van der Waals surface area contributed by atoms with E-state index < -0.39 is 41.4 Å². The average molecular weight is 283 g/mol. The molecule has 1 aromatic rings. The van der Waals surface area contributed by atoms with Gasteiger partial charge in [-0.25, -0.2) is 4.79 Å². The molecule has 1 aliphatic heterocycles. The van der Waals surface area contributed by atoms with Gasteiger partial charge in [-0.15, -0.1) is 0 Å². The van der Waals surface area contributed by atoms with Gasteiger partial charge in [0.15, 0.2) is 0 Å². The number of aliphatic hydroxyl groups is 3. The molecule has 20 heavy (non-hydrogen) atoms. The van der Waals surface area contributed by atoms with Crippen molar-refractivity contribution >= 4 is 0 Å². The van der Waals surface area contributed by atoms with Gasteiger partial charge in [-0.3, -0.25) is 14.3 Å². The Bertz CT molecular complexity index is 659. The van der Waals surface area contributed by atoms with Crippen molar-refractivity contribution in [3.05, 3.63) is 33.1 Å². The molecule has 1 fully saturated rings. The average Bonchev–Trinajstić information content (AvgIpc) is 2.64. The molecule has 1 unspecified atom stereocenters. The molecule has 0 aliphatic carbocycles. The lowest BCUT2D eigenvalue weighted by Crippen LogP contribution is -2.50. The summed E-state index contributed by atoms with van der Waals surface area (Å²) in [5.41, 5.74) is -3.88. The van der Waals surface area contributed by atoms with Gasteiger partial charge in [-0.05, 0) is 6.92 Å². The van der Waals surface area contributed by atoms with E-state index in [0.29, 0.717) is 4.57 Å². The Labute approximate surface area is 112 Å². The molecule has 0 amide bonds. The highest BCUT2D eigenvalue weighted by atomic mass is 16.6. The predicted octanol–water partition coefficient (Wildman–Crippen LogP) is -2.79. The fourth-order valence-electron chi connectivity index (χ4n) is 2.17. The van der Waals surface area contributed by atoms with Gasteiger partial charge in [-0.1, -0.05) is 0 Å². The van der Waals surface area contributed by atoms with Crippen LogP contribution in [0.5, 0.6) is 0 Å². The van der Waals surface area contributed by atoms with E-state index in [1.807, 2.05) is 4.98 Å². The monoisotopic (exact) mass is 283 g/mol. The van der Waals surface area contributed by atoms with E-state index in [1.54, 1.807) is 6.07 Å². The van der Waals surface area contributed by atoms with Crippen molar-refractivity contribution in [3.8, 4) is 6.07 Å². The molecule has 5 atom stereocenters. The number of aromatic amines is 1. The van der Waals surface area contributed by atoms with Crippen molar-refractivity contribution in [1.29, 1.82) is 5.26 Å². The second-order valence-electron chi connectivity index (χ2n) is 4.55. The molecule has 2 rings (SSSR count). The van der Waals surface area contributed by atoms with Crippen molar-refractivity contribution < 1.29 is 20.1 Å². The van der Waals surface area contributed by atoms with Gasteiger partial charge >= 0.3 is 5.69 Å². The highest BCUT2D eigenvalue weighted by molar-refractivity contribution is 5.13. The van der Waals surface area contributed by atoms with E-state index >= 15 is 0 Å². The maximum Gasteiger partial charge on any atom is 0.331 e. The van der Waals surface area contributed by atoms with Gasteiger partial charge in [0.1, 0.15) is 24.4 Å². The molecule has 0 aromatic carbocycles. The summed E-state index contributed by atoms with van der Waals surface area (Å²) in [4.78, 5) is 24.7. The molecular weight excluding hydrogens is 270 g/mol. The molecule has 1 saturated heterocycles. The van der Waals surface area contributed by atoms with Crippen molar-refractivity contribution in [3.63, 3.8) is 0 Å². The molecule has 9 nitrogen and oxygen atoms in total. The minimum Gasteiger partial charge on any atom is -0.391 e. The van der Waals surface area contributed by atoms with Crippen LogP contribution in [0.4, 0.5) is 0 Å². The zero-order chi connectivity index (χ0) is 15.1. The van der Waals surface area contributed by atoms with Gasteiger partial charge in [0.2, 0.25) is 0 Å². The topological polar surface area (TPSA) is 149 Å². The van der Waals surface area contributed by atoms with E-state index in [4.69, 9.17) is 4.74 Å². The Kier molecular flexibility index (Phi) is 3.49. The smallest absolute Gasteiger partial charge is 0.331 e. The number of hydrogen-bond donors (Lipinski definition) is 4. The summed E-state index contributed by atoms with van der Waals surface area (Å²) in [5, 5.41) is 38.6. The van der Waals surface area contributed by atoms with Crippen molar-refractivity contribution in [2.24, 2.45) is 0 Å². The zero-order valence-electron chi connectivity index (χ0n) is 10.4. The number of nitriles is 1. The summed E-state index contributed by atoms with van der Waals surface area (Å²) >= 11 is 0. The second kappa shape index (κ2) is 4.84. The third-order valence-electron chi connectivity index (χ3n) is 3.19. The van der Waals surface area contributed by atoms with Crippen molar-refractivity contribution in [2.45, 2.75) is 37.1 Å². The van der Waals surface area contributed by atoms with Crippen LogP contribution in [0.1, 0.15) is 6.92 Å². The standard InChI is InChI=1S/C11H13N3O6/c1-5(15)8-7(17)9(18)11(4-12,20-8)14-3-2-6(16)13-10(14)19/h2-3,5,7-9,15,17-18H,1H3,(H,13,16,19)/t5?,7-,8-,9-,11-/m1/s1. The normalized spacial score (nSPS) is 34.6. The minimum absolute atomic E-state index is 0.671. The third kappa shape index (κ3) is 1.95. The fraction of sp³-hybridized carbons (Fsp3) is 0.545. The molecule has 0 saturated carbocycles. The maximum atomic E-state index is 11.7. The van der Waals surface area contributed by atoms with Gasteiger partial charge in [0, 0.05) is 12.3 Å². The lowest BCUT2D eigenvalue weighted by atomic mass is 10.0. The summed E-state index contributed by atoms with van der Waals surface area (Å²) in [6, 6.07) is 2.59. The number of rotatable bonds is 2. The minimum atomic E-state index is -2.22. The van der Waals surface area contributed by atoms with Crippen LogP contribution in [0.25, 0.3) is 0 Å². The van der Waals surface area contributed by atoms with Crippen LogP contribution in [0, 0.1) is 11.3 Å². The van der Waals surface area contributed by atoms with Crippen LogP contribution in [-0.4, -0.2) is 49.3 Å². The molecule has 9 heteroatoms. The number of H-pyrrole nitrogens is 1. The Hall–Kier alpha value is -1.99. The Morgan fingerprint density at radius 3 is 2.65 bits per heavy atom. The van der Waals surface area contributed by atoms with Crippen LogP contribution in [0.3, 0.4) is 0 Å². The largest absolute Gasteiger partial charge is 0.391 e. The first-order chi connectivity index (χ1) is 9.33. The second-order valence-corrected chi connectivity index (χ2v) is 4.55. The maximum absolute atomic E-state index is 11.7. The summed E-state index contributed by atoms with van der Waals surface area (Å²) in [7, 11) is 0. The van der Waals surface area contributed by atoms with E-state index in [1.165, 1.54) is 6.92 Å². The number of aliphatic hydroxyl groups excluding tert-OH is 3. The first kappa shape index (κ1) is 14.4. The molecule has 1 aliphatic rings. The number of aromatic nitrogens is 2. The Morgan fingerprint density at radius 1 is 1.55 bits per heavy atom. The summed E-state index contributed by atoms with van der Waals surface area (Å²) < 4.78 is 5.89. The first-order valence-corrected chi connectivity index (χ1v) is 5.79. The quantitative estimate of drug-likeness (QED) is 0.458. The molecule has 0 bridgehead atoms. The predicted molar refractivity (Wildman–Crippen MR) is 63.5 cm³/mol. The summed E-state index contributed by atoms with van der Waals surface area (Å²) in [6.45, 7) is 1.31. The number of nitrogens with zero attached hydrogens (tertiary/aromatic N) is 2. The van der Waals surface area contributed by atoms with Gasteiger partial charge < -0.3 is 20.1 Å². The molecule has 108 valence electrons. The Morgan fingerprint density at radius 2 is 2.20 bits per heavy atom. The number of nitrogens with one attached hydrogen (secondary N) is 1. The van der Waals surface area contributed by atoms with Crippen molar-refractivity contribution in [1.82, 2.24) is 9.55 Å². The first-order valence-electron chi connectivity index (χ1n) is 5.79. The van der Waals surface area contributed by atoms with E-state index in [-0.39, 0.29) is 0 Å². The van der Waals surface area contributed by atoms with Crippen LogP contribution in [0.2, 0.25) is 0 Å². The molecule has 0 radical (unpaired) electrons. The lowest BCUT2D eigenvalue weighted by Gasteiger charge is -2.26. The van der Waals surface area contributed by atoms with E-state index in [9.17, 15) is 30.2 Å². The van der Waals surface area contributed by atoms with Gasteiger partial charge in [0.05, 0.1) is 6.10 Å². The molecule has 2 heterocycles. The van der Waals surface area contributed by atoms with Crippen LogP contribution in [-0.2, 0) is 10.5 Å². The summed E-state index contributed by atoms with van der Waals surface area (Å²) in [5.74, 6) is 0. The lowest BCUT2D eigenvalue weighted by molar-refractivity contribution is -0.124. The molecular formula is C11H13N3O6. The van der Waals surface area contributed by atoms with E-state index in [2.05, 4.69) is 0 Å². The SMILES string of the molecule is CC(O)[C@H]1O[C@@](C#N)(n2ccc(=O)[nH]c2=O)[C@H](O)[C@@H]1O. The van der Waals surface area contributed by atoms with E-state index in [0.717, 1.165) is 12.3 Å². The fourth-order valence-corrected chi connectivity index (χ4v) is 2.17. The molecule has 0 spiro atoms. The van der Waals surface area contributed by atoms with Crippen molar-refractivity contribution in [2.75, 3.05) is 0 Å². The van der Waals surface area contributed by atoms with Gasteiger partial charge in [0.25, 0.3) is 11.3 Å². The molecule has 4 N–H and O–H groups in total. The van der Waals surface area contributed by atoms with Crippen LogP contribution in [0.15, 0.2) is 21.9 Å². The van der Waals surface area contributed by atoms with Crippen LogP contribution < -0.4 is 11.2 Å². The molecule has 1 aromatic heterocycles. The number of ether oxygens (including phenoxy) is 1. The third-order valence-corrected chi connectivity index (χ3v) is 3.19. The summed E-state index contributed by atoms with van der Waals surface area (Å²) in [6.07, 6.45) is -4.77. The highest BCUT2D eigenvalue weighted by Crippen LogP contribution is 2.35. The highest BCUT2D eigenvalue weighted by Gasteiger charge is 2.58. The Balaban J connectivity index is 2.59.